The zero-order valence-electron chi connectivity index (χ0n) is 29.6. The van der Waals surface area contributed by atoms with Gasteiger partial charge in [0.25, 0.3) is 0 Å². The van der Waals surface area contributed by atoms with Crippen molar-refractivity contribution in [3.05, 3.63) is 188 Å². The molecule has 3 aromatic heterocycles. The molecule has 0 aliphatic rings. The Labute approximate surface area is 317 Å². The van der Waals surface area contributed by atoms with Crippen molar-refractivity contribution in [1.82, 2.24) is 15.0 Å². The number of furan rings is 1. The van der Waals surface area contributed by atoms with Crippen molar-refractivity contribution in [3.63, 3.8) is 0 Å². The zero-order valence-corrected chi connectivity index (χ0v) is 29.6. The first-order valence-electron chi connectivity index (χ1n) is 18.5. The van der Waals surface area contributed by atoms with Gasteiger partial charge in [-0.25, -0.2) is 15.0 Å². The van der Waals surface area contributed by atoms with Crippen molar-refractivity contribution in [2.24, 2.45) is 0 Å². The molecule has 0 unspecified atom stereocenters. The van der Waals surface area contributed by atoms with Crippen LogP contribution in [0.25, 0.3) is 111 Å². The lowest BCUT2D eigenvalue weighted by Gasteiger charge is -2.12. The normalized spacial score (nSPS) is 11.6. The highest BCUT2D eigenvalue weighted by Gasteiger charge is 2.18. The van der Waals surface area contributed by atoms with Crippen LogP contribution in [-0.4, -0.2) is 15.0 Å². The van der Waals surface area contributed by atoms with E-state index in [1.807, 2.05) is 36.4 Å². The molecule has 0 amide bonds. The summed E-state index contributed by atoms with van der Waals surface area (Å²) in [7, 11) is 0. The van der Waals surface area contributed by atoms with Crippen LogP contribution in [0.15, 0.2) is 192 Å². The number of aromatic nitrogens is 3. The molecule has 11 rings (SSSR count). The summed E-state index contributed by atoms with van der Waals surface area (Å²) in [4.78, 5) is 15.4. The molecule has 0 radical (unpaired) electrons. The van der Waals surface area contributed by atoms with Crippen LogP contribution >= 0.6 is 0 Å². The predicted molar refractivity (Wildman–Crippen MR) is 227 cm³/mol. The summed E-state index contributed by atoms with van der Waals surface area (Å²) >= 11 is 0. The van der Waals surface area contributed by atoms with Crippen LogP contribution in [0, 0.1) is 0 Å². The molecule has 0 N–H and O–H groups in total. The Morgan fingerprint density at radius 1 is 0.345 bits per heavy atom. The third-order valence-corrected chi connectivity index (χ3v) is 10.7. The summed E-state index contributed by atoms with van der Waals surface area (Å²) in [5.74, 6) is 0.659. The summed E-state index contributed by atoms with van der Waals surface area (Å²) in [6.45, 7) is 0. The van der Waals surface area contributed by atoms with Gasteiger partial charge in [0.15, 0.2) is 11.4 Å². The lowest BCUT2D eigenvalue weighted by atomic mass is 9.96. The molecule has 4 heteroatoms. The van der Waals surface area contributed by atoms with Gasteiger partial charge < -0.3 is 4.42 Å². The van der Waals surface area contributed by atoms with Gasteiger partial charge in [0.05, 0.1) is 16.9 Å². The van der Waals surface area contributed by atoms with Gasteiger partial charge in [-0.3, -0.25) is 0 Å². The number of fused-ring (bicyclic) bond motifs is 8. The summed E-state index contributed by atoms with van der Waals surface area (Å²) < 4.78 is 6.48. The average molecular weight is 702 g/mol. The molecular weight excluding hydrogens is 671 g/mol. The van der Waals surface area contributed by atoms with Gasteiger partial charge in [-0.2, -0.15) is 0 Å². The van der Waals surface area contributed by atoms with E-state index in [0.29, 0.717) is 5.82 Å². The van der Waals surface area contributed by atoms with Crippen LogP contribution in [0.2, 0.25) is 0 Å². The quantitative estimate of drug-likeness (QED) is 0.168. The smallest absolute Gasteiger partial charge is 0.162 e. The molecule has 4 nitrogen and oxygen atoms in total. The fraction of sp³-hybridized carbons (Fsp3) is 0. The SMILES string of the molecule is c1ccc(-c2cc(-c3cccc(-c4ccc5c(ccc6ccccc65)c4)c3)nc(-c3ccc(-c4nc5ccccc5c5c4oc4ccccc45)cc3)n2)cc1. The van der Waals surface area contributed by atoms with Crippen LogP contribution in [-0.2, 0) is 0 Å². The maximum absolute atomic E-state index is 6.48. The van der Waals surface area contributed by atoms with Gasteiger partial charge in [0.2, 0.25) is 0 Å². The van der Waals surface area contributed by atoms with E-state index in [0.717, 1.165) is 77.7 Å². The summed E-state index contributed by atoms with van der Waals surface area (Å²) in [6.07, 6.45) is 0. The van der Waals surface area contributed by atoms with Crippen LogP contribution in [0.3, 0.4) is 0 Å². The minimum absolute atomic E-state index is 0.659. The zero-order chi connectivity index (χ0) is 36.3. The van der Waals surface area contributed by atoms with Gasteiger partial charge in [-0.1, -0.05) is 158 Å². The van der Waals surface area contributed by atoms with Crippen LogP contribution in [0.1, 0.15) is 0 Å². The second-order valence-corrected chi connectivity index (χ2v) is 14.0. The molecule has 8 aromatic carbocycles. The largest absolute Gasteiger partial charge is 0.454 e. The van der Waals surface area contributed by atoms with E-state index in [1.165, 1.54) is 27.1 Å². The lowest BCUT2D eigenvalue weighted by Crippen LogP contribution is -1.96. The first-order chi connectivity index (χ1) is 27.2. The number of benzene rings is 8. The minimum atomic E-state index is 0.659. The molecule has 0 bridgehead atoms. The van der Waals surface area contributed by atoms with E-state index in [-0.39, 0.29) is 0 Å². The number of hydrogen-bond acceptors (Lipinski definition) is 4. The van der Waals surface area contributed by atoms with Crippen molar-refractivity contribution in [2.45, 2.75) is 0 Å². The molecule has 0 fully saturated rings. The highest BCUT2D eigenvalue weighted by atomic mass is 16.3. The minimum Gasteiger partial charge on any atom is -0.454 e. The molecule has 256 valence electrons. The van der Waals surface area contributed by atoms with E-state index in [2.05, 4.69) is 152 Å². The van der Waals surface area contributed by atoms with E-state index in [1.54, 1.807) is 0 Å². The maximum atomic E-state index is 6.48. The van der Waals surface area contributed by atoms with Gasteiger partial charge in [-0.15, -0.1) is 0 Å². The first-order valence-corrected chi connectivity index (χ1v) is 18.5. The Morgan fingerprint density at radius 2 is 0.964 bits per heavy atom. The van der Waals surface area contributed by atoms with Gasteiger partial charge in [0, 0.05) is 38.4 Å². The number of nitrogens with zero attached hydrogens (tertiary/aromatic N) is 3. The molecule has 0 aliphatic carbocycles. The maximum Gasteiger partial charge on any atom is 0.162 e. The van der Waals surface area contributed by atoms with Crippen molar-refractivity contribution < 1.29 is 4.42 Å². The number of hydrogen-bond donors (Lipinski definition) is 0. The highest BCUT2D eigenvalue weighted by Crippen LogP contribution is 2.40. The Bertz CT molecular complexity index is 3260. The summed E-state index contributed by atoms with van der Waals surface area (Å²) in [5.41, 5.74) is 11.4. The van der Waals surface area contributed by atoms with Crippen molar-refractivity contribution in [3.8, 4) is 56.3 Å². The first kappa shape index (κ1) is 31.1. The summed E-state index contributed by atoms with van der Waals surface area (Å²) in [6, 6.07) is 65.6. The molecule has 0 atom stereocenters. The second kappa shape index (κ2) is 12.6. The Balaban J connectivity index is 1.01. The van der Waals surface area contributed by atoms with Gasteiger partial charge in [-0.05, 0) is 63.0 Å². The van der Waals surface area contributed by atoms with Gasteiger partial charge in [0.1, 0.15) is 11.3 Å². The van der Waals surface area contributed by atoms with E-state index >= 15 is 0 Å². The second-order valence-electron chi connectivity index (χ2n) is 14.0. The molecule has 55 heavy (non-hydrogen) atoms. The molecule has 0 saturated carbocycles. The lowest BCUT2D eigenvalue weighted by molar-refractivity contribution is 0.669. The molecule has 3 heterocycles. The topological polar surface area (TPSA) is 51.8 Å². The van der Waals surface area contributed by atoms with E-state index in [4.69, 9.17) is 19.4 Å². The number of para-hydroxylation sites is 2. The Kier molecular flexibility index (Phi) is 7.14. The van der Waals surface area contributed by atoms with Crippen molar-refractivity contribution >= 4 is 54.4 Å². The number of pyridine rings is 1. The van der Waals surface area contributed by atoms with Crippen molar-refractivity contribution in [1.29, 1.82) is 0 Å². The third kappa shape index (κ3) is 5.34. The predicted octanol–water partition coefficient (Wildman–Crippen LogP) is 13.6. The summed E-state index contributed by atoms with van der Waals surface area (Å²) in [5, 5.41) is 8.26. The Hall–Kier alpha value is -7.43. The molecule has 0 spiro atoms. The highest BCUT2D eigenvalue weighted by molar-refractivity contribution is 6.20. The molecule has 11 aromatic rings. The van der Waals surface area contributed by atoms with Crippen LogP contribution in [0.4, 0.5) is 0 Å². The molecule has 0 aliphatic heterocycles. The standard InChI is InChI=1S/C51H31N3O/c1-2-12-33(13-3-1)45-31-46(39-15-10-14-36(30-39)37-27-28-41-38(29-37)26-21-32-11-4-5-16-40(32)41)54-51(53-45)35-24-22-34(23-25-35)49-50-48(42-17-6-8-19-44(42)52-49)43-18-7-9-20-47(43)55-50/h1-31H. The van der Waals surface area contributed by atoms with E-state index < -0.39 is 0 Å². The van der Waals surface area contributed by atoms with Crippen LogP contribution < -0.4 is 0 Å². The number of rotatable bonds is 5. The molecular formula is C51H31N3O. The third-order valence-electron chi connectivity index (χ3n) is 10.7. The monoisotopic (exact) mass is 701 g/mol. The van der Waals surface area contributed by atoms with Crippen LogP contribution in [0.5, 0.6) is 0 Å². The average Bonchev–Trinajstić information content (AvgIpc) is 3.66. The fourth-order valence-corrected chi connectivity index (χ4v) is 7.94. The fourth-order valence-electron chi connectivity index (χ4n) is 7.94. The van der Waals surface area contributed by atoms with Gasteiger partial charge >= 0.3 is 0 Å². The Morgan fingerprint density at radius 3 is 1.84 bits per heavy atom. The van der Waals surface area contributed by atoms with Crippen molar-refractivity contribution in [2.75, 3.05) is 0 Å². The van der Waals surface area contributed by atoms with E-state index in [9.17, 15) is 0 Å². The molecule has 0 saturated heterocycles.